The molecule has 0 unspecified atom stereocenters. The quantitative estimate of drug-likeness (QED) is 0.556. The van der Waals surface area contributed by atoms with E-state index < -0.39 is 0 Å². The highest BCUT2D eigenvalue weighted by Crippen LogP contribution is 2.01. The minimum atomic E-state index is 0.116. The van der Waals surface area contributed by atoms with Crippen molar-refractivity contribution in [3.63, 3.8) is 0 Å². The zero-order valence-corrected chi connectivity index (χ0v) is 7.57. The molecule has 0 spiro atoms. The fourth-order valence-electron chi connectivity index (χ4n) is 0.901. The summed E-state index contributed by atoms with van der Waals surface area (Å²) >= 11 is 0. The highest BCUT2D eigenvalue weighted by molar-refractivity contribution is 5.83. The van der Waals surface area contributed by atoms with E-state index in [0.29, 0.717) is 0 Å². The van der Waals surface area contributed by atoms with Gasteiger partial charge in [0.25, 0.3) is 0 Å². The molecule has 0 aromatic heterocycles. The normalized spacial score (nSPS) is 18.3. The van der Waals surface area contributed by atoms with E-state index in [4.69, 9.17) is 0 Å². The van der Waals surface area contributed by atoms with E-state index in [1.165, 1.54) is 6.42 Å². The van der Waals surface area contributed by atoms with Crippen molar-refractivity contribution in [2.24, 2.45) is 4.99 Å². The highest BCUT2D eigenvalue weighted by atomic mass is 15.4. The average molecular weight is 155 g/mol. The van der Waals surface area contributed by atoms with Crippen LogP contribution in [-0.2, 0) is 0 Å². The van der Waals surface area contributed by atoms with Gasteiger partial charge in [-0.1, -0.05) is 0 Å². The van der Waals surface area contributed by atoms with Crippen LogP contribution in [0.25, 0.3) is 0 Å². The van der Waals surface area contributed by atoms with Gasteiger partial charge in [0.1, 0.15) is 5.84 Å². The van der Waals surface area contributed by atoms with Gasteiger partial charge < -0.3 is 5.43 Å². The Labute approximate surface area is 68.3 Å². The van der Waals surface area contributed by atoms with Crippen molar-refractivity contribution in [3.05, 3.63) is 0 Å². The number of rotatable bonds is 1. The van der Waals surface area contributed by atoms with Crippen LogP contribution in [0.15, 0.2) is 4.99 Å². The summed E-state index contributed by atoms with van der Waals surface area (Å²) in [5.41, 5.74) is 6.42. The molecule has 0 aromatic carbocycles. The molecular formula is C8H17N3. The Morgan fingerprint density at radius 1 is 1.36 bits per heavy atom. The number of hydrazine groups is 1. The van der Waals surface area contributed by atoms with Crippen LogP contribution < -0.4 is 10.9 Å². The van der Waals surface area contributed by atoms with Crippen LogP contribution in [0.3, 0.4) is 0 Å². The number of hydrogen-bond acceptors (Lipinski definition) is 3. The van der Waals surface area contributed by atoms with E-state index in [1.807, 2.05) is 0 Å². The second-order valence-corrected chi connectivity index (χ2v) is 3.93. The molecule has 11 heavy (non-hydrogen) atoms. The van der Waals surface area contributed by atoms with Crippen molar-refractivity contribution >= 4 is 5.84 Å². The largest absolute Gasteiger partial charge is 0.309 e. The second kappa shape index (κ2) is 3.22. The van der Waals surface area contributed by atoms with E-state index >= 15 is 0 Å². The summed E-state index contributed by atoms with van der Waals surface area (Å²) in [6, 6.07) is 0. The van der Waals surface area contributed by atoms with Crippen molar-refractivity contribution in [1.82, 2.24) is 10.9 Å². The third kappa shape index (κ3) is 3.37. The van der Waals surface area contributed by atoms with Gasteiger partial charge in [-0.05, 0) is 27.2 Å². The summed E-state index contributed by atoms with van der Waals surface area (Å²) in [7, 11) is 0. The van der Waals surface area contributed by atoms with Crippen molar-refractivity contribution in [3.8, 4) is 0 Å². The van der Waals surface area contributed by atoms with E-state index in [2.05, 4.69) is 36.6 Å². The molecule has 1 aliphatic rings. The molecule has 64 valence electrons. The Kier molecular flexibility index (Phi) is 2.49. The lowest BCUT2D eigenvalue weighted by Crippen LogP contribution is -2.48. The monoisotopic (exact) mass is 155 g/mol. The maximum absolute atomic E-state index is 4.28. The molecule has 3 heteroatoms. The summed E-state index contributed by atoms with van der Waals surface area (Å²) in [5, 5.41) is 0. The Bertz CT molecular complexity index is 155. The lowest BCUT2D eigenvalue weighted by atomic mass is 10.1. The number of hydrogen-bond donors (Lipinski definition) is 2. The van der Waals surface area contributed by atoms with E-state index in [1.54, 1.807) is 0 Å². The molecule has 3 nitrogen and oxygen atoms in total. The smallest absolute Gasteiger partial charge is 0.111 e. The van der Waals surface area contributed by atoms with Gasteiger partial charge in [-0.15, -0.1) is 0 Å². The minimum absolute atomic E-state index is 0.116. The maximum atomic E-state index is 4.28. The Morgan fingerprint density at radius 3 is 2.55 bits per heavy atom. The molecule has 0 saturated carbocycles. The number of nitrogens with zero attached hydrogens (tertiary/aromatic N) is 1. The van der Waals surface area contributed by atoms with E-state index in [-0.39, 0.29) is 5.54 Å². The first-order valence-corrected chi connectivity index (χ1v) is 4.14. The Morgan fingerprint density at radius 2 is 2.09 bits per heavy atom. The molecule has 1 rings (SSSR count). The molecule has 0 aliphatic carbocycles. The van der Waals surface area contributed by atoms with Crippen LogP contribution in [0, 0.1) is 0 Å². The number of nitrogens with one attached hydrogen (secondary N) is 2. The van der Waals surface area contributed by atoms with Crippen LogP contribution in [0.4, 0.5) is 0 Å². The second-order valence-electron chi connectivity index (χ2n) is 3.93. The summed E-state index contributed by atoms with van der Waals surface area (Å²) < 4.78 is 0. The predicted octanol–water partition coefficient (Wildman–Crippen LogP) is 1.07. The fraction of sp³-hybridized carbons (Fsp3) is 0.875. The molecule has 0 atom stereocenters. The van der Waals surface area contributed by atoms with Gasteiger partial charge in [-0.25, -0.2) is 5.43 Å². The molecule has 0 fully saturated rings. The van der Waals surface area contributed by atoms with E-state index in [0.717, 1.165) is 18.8 Å². The van der Waals surface area contributed by atoms with Gasteiger partial charge in [-0.2, -0.15) is 0 Å². The van der Waals surface area contributed by atoms with Crippen LogP contribution in [0.2, 0.25) is 0 Å². The standard InChI is InChI=1S/C8H17N3/c1-8(2,3)11-10-7-5-4-6-9-7/h11H,4-6H2,1-3H3,(H,9,10). The van der Waals surface area contributed by atoms with Gasteiger partial charge in [0.15, 0.2) is 0 Å². The fourth-order valence-corrected chi connectivity index (χ4v) is 0.901. The third-order valence-electron chi connectivity index (χ3n) is 1.46. The first-order chi connectivity index (χ1) is 5.08. The lowest BCUT2D eigenvalue weighted by Gasteiger charge is -2.21. The van der Waals surface area contributed by atoms with Gasteiger partial charge in [0.2, 0.25) is 0 Å². The summed E-state index contributed by atoms with van der Waals surface area (Å²) in [5.74, 6) is 1.10. The Hall–Kier alpha value is -0.570. The van der Waals surface area contributed by atoms with E-state index in [9.17, 15) is 0 Å². The predicted molar refractivity (Wildman–Crippen MR) is 47.6 cm³/mol. The molecule has 0 amide bonds. The molecule has 0 bridgehead atoms. The molecular weight excluding hydrogens is 138 g/mol. The van der Waals surface area contributed by atoms with Crippen molar-refractivity contribution < 1.29 is 0 Å². The molecule has 1 heterocycles. The first-order valence-electron chi connectivity index (χ1n) is 4.14. The van der Waals surface area contributed by atoms with Gasteiger partial charge in [0.05, 0.1) is 0 Å². The van der Waals surface area contributed by atoms with Crippen LogP contribution >= 0.6 is 0 Å². The molecule has 0 radical (unpaired) electrons. The van der Waals surface area contributed by atoms with Crippen molar-refractivity contribution in [1.29, 1.82) is 0 Å². The number of aliphatic imine (C=N–C) groups is 1. The summed E-state index contributed by atoms with van der Waals surface area (Å²) in [4.78, 5) is 4.28. The molecule has 1 aliphatic heterocycles. The van der Waals surface area contributed by atoms with Crippen LogP contribution in [0.5, 0.6) is 0 Å². The van der Waals surface area contributed by atoms with Crippen LogP contribution in [0.1, 0.15) is 33.6 Å². The maximum Gasteiger partial charge on any atom is 0.111 e. The first kappa shape index (κ1) is 8.53. The zero-order valence-electron chi connectivity index (χ0n) is 7.57. The minimum Gasteiger partial charge on any atom is -0.309 e. The van der Waals surface area contributed by atoms with Gasteiger partial charge in [-0.3, -0.25) is 4.99 Å². The molecule has 2 N–H and O–H groups in total. The average Bonchev–Trinajstić information content (AvgIpc) is 2.32. The summed E-state index contributed by atoms with van der Waals surface area (Å²) in [6.45, 7) is 7.34. The van der Waals surface area contributed by atoms with Crippen molar-refractivity contribution in [2.45, 2.75) is 39.2 Å². The molecule has 0 saturated heterocycles. The summed E-state index contributed by atoms with van der Waals surface area (Å²) in [6.07, 6.45) is 2.28. The third-order valence-corrected chi connectivity index (χ3v) is 1.46. The number of amidine groups is 1. The topological polar surface area (TPSA) is 36.4 Å². The molecule has 0 aromatic rings. The highest BCUT2D eigenvalue weighted by Gasteiger charge is 2.11. The van der Waals surface area contributed by atoms with Crippen molar-refractivity contribution in [2.75, 3.05) is 6.54 Å². The van der Waals surface area contributed by atoms with Crippen LogP contribution in [-0.4, -0.2) is 17.9 Å². The van der Waals surface area contributed by atoms with Gasteiger partial charge >= 0.3 is 0 Å². The lowest BCUT2D eigenvalue weighted by molar-refractivity contribution is 0.402. The zero-order chi connectivity index (χ0) is 8.32. The Balaban J connectivity index is 2.22. The SMILES string of the molecule is CC(C)(C)NNC1=NCCC1. The van der Waals surface area contributed by atoms with Gasteiger partial charge in [0, 0.05) is 18.5 Å².